The van der Waals surface area contributed by atoms with Gasteiger partial charge >= 0.3 is 0 Å². The molecule has 0 saturated carbocycles. The molecule has 20 heavy (non-hydrogen) atoms. The number of aryl methyl sites for hydroxylation is 2. The van der Waals surface area contributed by atoms with Gasteiger partial charge in [0.05, 0.1) is 10.2 Å². The molecular formula is C17H31BrN2. The third-order valence-electron chi connectivity index (χ3n) is 4.02. The first-order valence-corrected chi connectivity index (χ1v) is 9.15. The van der Waals surface area contributed by atoms with Crippen LogP contribution >= 0.6 is 15.9 Å². The van der Waals surface area contributed by atoms with E-state index in [4.69, 9.17) is 0 Å². The lowest BCUT2D eigenvalue weighted by atomic mass is 10.1. The zero-order chi connectivity index (χ0) is 14.8. The van der Waals surface area contributed by atoms with E-state index in [1.807, 2.05) is 0 Å². The monoisotopic (exact) mass is 342 g/mol. The molecule has 0 N–H and O–H groups in total. The summed E-state index contributed by atoms with van der Waals surface area (Å²) < 4.78 is 3.31. The third kappa shape index (κ3) is 6.43. The highest BCUT2D eigenvalue weighted by Crippen LogP contribution is 2.20. The van der Waals surface area contributed by atoms with Crippen LogP contribution in [0.1, 0.15) is 82.5 Å². The Morgan fingerprint density at radius 3 is 1.80 bits per heavy atom. The van der Waals surface area contributed by atoms with Gasteiger partial charge in [0.15, 0.2) is 0 Å². The minimum absolute atomic E-state index is 1.06. The fraction of sp³-hybridized carbons (Fsp3) is 0.824. The predicted molar refractivity (Wildman–Crippen MR) is 91.2 cm³/mol. The summed E-state index contributed by atoms with van der Waals surface area (Å²) in [5.74, 6) is 0. The van der Waals surface area contributed by atoms with Gasteiger partial charge in [-0.2, -0.15) is 5.10 Å². The minimum Gasteiger partial charge on any atom is -0.268 e. The maximum absolute atomic E-state index is 4.56. The number of nitrogens with zero attached hydrogens (tertiary/aromatic N) is 2. The smallest absolute Gasteiger partial charge is 0.0738 e. The summed E-state index contributed by atoms with van der Waals surface area (Å²) in [5, 5.41) is 4.56. The standard InChI is InChI=1S/C17H31BrN2/c1-4-5-6-7-8-9-10-11-12-13-14-20-16(3)17(18)15(2)19-20/h4-14H2,1-3H3. The van der Waals surface area contributed by atoms with Crippen molar-refractivity contribution in [2.45, 2.75) is 91.5 Å². The fourth-order valence-corrected chi connectivity index (χ4v) is 2.93. The van der Waals surface area contributed by atoms with Crippen LogP contribution in [-0.2, 0) is 6.54 Å². The van der Waals surface area contributed by atoms with Crippen molar-refractivity contribution in [1.82, 2.24) is 9.78 Å². The Balaban J connectivity index is 1.98. The molecule has 0 atom stereocenters. The van der Waals surface area contributed by atoms with Crippen molar-refractivity contribution in [3.8, 4) is 0 Å². The summed E-state index contributed by atoms with van der Waals surface area (Å²) >= 11 is 3.59. The van der Waals surface area contributed by atoms with Gasteiger partial charge in [-0.3, -0.25) is 4.68 Å². The van der Waals surface area contributed by atoms with Crippen molar-refractivity contribution >= 4 is 15.9 Å². The molecule has 0 aliphatic rings. The number of halogens is 1. The van der Waals surface area contributed by atoms with Crippen molar-refractivity contribution < 1.29 is 0 Å². The Morgan fingerprint density at radius 1 is 0.850 bits per heavy atom. The molecule has 0 unspecified atom stereocenters. The molecule has 116 valence electrons. The van der Waals surface area contributed by atoms with Gasteiger partial charge in [-0.1, -0.05) is 64.7 Å². The molecule has 1 heterocycles. The second-order valence-corrected chi connectivity index (χ2v) is 6.68. The van der Waals surface area contributed by atoms with Gasteiger partial charge < -0.3 is 0 Å². The molecule has 0 aliphatic heterocycles. The molecule has 1 aromatic rings. The molecule has 0 aliphatic carbocycles. The van der Waals surface area contributed by atoms with E-state index in [9.17, 15) is 0 Å². The van der Waals surface area contributed by atoms with Gasteiger partial charge in [0.1, 0.15) is 0 Å². The summed E-state index contributed by atoms with van der Waals surface area (Å²) in [5.41, 5.74) is 2.37. The second kappa shape index (κ2) is 10.4. The van der Waals surface area contributed by atoms with E-state index in [0.717, 1.165) is 12.2 Å². The first-order chi connectivity index (χ1) is 9.66. The average Bonchev–Trinajstić information content (AvgIpc) is 2.68. The Hall–Kier alpha value is -0.310. The molecular weight excluding hydrogens is 312 g/mol. The highest BCUT2D eigenvalue weighted by molar-refractivity contribution is 9.10. The maximum Gasteiger partial charge on any atom is 0.0738 e. The first-order valence-electron chi connectivity index (χ1n) is 8.36. The van der Waals surface area contributed by atoms with Crippen molar-refractivity contribution in [3.05, 3.63) is 15.9 Å². The summed E-state index contributed by atoms with van der Waals surface area (Å²) in [6, 6.07) is 0. The fourth-order valence-electron chi connectivity index (χ4n) is 2.64. The first kappa shape index (κ1) is 17.7. The molecule has 0 spiro atoms. The van der Waals surface area contributed by atoms with E-state index in [-0.39, 0.29) is 0 Å². The second-order valence-electron chi connectivity index (χ2n) is 5.89. The third-order valence-corrected chi connectivity index (χ3v) is 5.16. The van der Waals surface area contributed by atoms with E-state index < -0.39 is 0 Å². The van der Waals surface area contributed by atoms with E-state index in [1.165, 1.54) is 74.4 Å². The predicted octanol–water partition coefficient (Wildman–Crippen LogP) is 6.18. The zero-order valence-corrected chi connectivity index (χ0v) is 15.1. The minimum atomic E-state index is 1.06. The maximum atomic E-state index is 4.56. The average molecular weight is 343 g/mol. The normalized spacial score (nSPS) is 11.2. The van der Waals surface area contributed by atoms with Crippen LogP contribution in [-0.4, -0.2) is 9.78 Å². The Labute approximate surface area is 133 Å². The lowest BCUT2D eigenvalue weighted by molar-refractivity contribution is 0.508. The van der Waals surface area contributed by atoms with Gasteiger partial charge in [0.2, 0.25) is 0 Å². The number of hydrogen-bond donors (Lipinski definition) is 0. The van der Waals surface area contributed by atoms with Crippen LogP contribution in [0.2, 0.25) is 0 Å². The molecule has 0 radical (unpaired) electrons. The number of aromatic nitrogens is 2. The molecule has 0 saturated heterocycles. The molecule has 0 amide bonds. The van der Waals surface area contributed by atoms with E-state index in [0.29, 0.717) is 0 Å². The van der Waals surface area contributed by atoms with Crippen LogP contribution in [0.4, 0.5) is 0 Å². The molecule has 1 rings (SSSR count). The molecule has 0 fully saturated rings. The van der Waals surface area contributed by atoms with Crippen LogP contribution in [0.5, 0.6) is 0 Å². The molecule has 1 aromatic heterocycles. The summed E-state index contributed by atoms with van der Waals surface area (Å²) in [4.78, 5) is 0. The van der Waals surface area contributed by atoms with Crippen LogP contribution in [0, 0.1) is 13.8 Å². The lowest BCUT2D eigenvalue weighted by Crippen LogP contribution is -2.02. The van der Waals surface area contributed by atoms with E-state index in [1.54, 1.807) is 0 Å². The van der Waals surface area contributed by atoms with Gasteiger partial charge in [0, 0.05) is 12.2 Å². The van der Waals surface area contributed by atoms with Gasteiger partial charge in [-0.15, -0.1) is 0 Å². The van der Waals surface area contributed by atoms with Gasteiger partial charge in [0.25, 0.3) is 0 Å². The van der Waals surface area contributed by atoms with Crippen molar-refractivity contribution in [2.75, 3.05) is 0 Å². The topological polar surface area (TPSA) is 17.8 Å². The van der Waals surface area contributed by atoms with Crippen molar-refractivity contribution in [1.29, 1.82) is 0 Å². The molecule has 0 aromatic carbocycles. The van der Waals surface area contributed by atoms with Crippen LogP contribution in [0.15, 0.2) is 4.47 Å². The summed E-state index contributed by atoms with van der Waals surface area (Å²) in [6.07, 6.45) is 13.9. The van der Waals surface area contributed by atoms with Gasteiger partial charge in [-0.05, 0) is 36.2 Å². The van der Waals surface area contributed by atoms with Crippen molar-refractivity contribution in [3.63, 3.8) is 0 Å². The Morgan fingerprint density at radius 2 is 1.35 bits per heavy atom. The highest BCUT2D eigenvalue weighted by atomic mass is 79.9. The van der Waals surface area contributed by atoms with Crippen LogP contribution in [0.3, 0.4) is 0 Å². The van der Waals surface area contributed by atoms with Gasteiger partial charge in [-0.25, -0.2) is 0 Å². The van der Waals surface area contributed by atoms with E-state index >= 15 is 0 Å². The molecule has 0 bridgehead atoms. The van der Waals surface area contributed by atoms with Crippen molar-refractivity contribution in [2.24, 2.45) is 0 Å². The quantitative estimate of drug-likeness (QED) is 0.438. The van der Waals surface area contributed by atoms with Crippen LogP contribution < -0.4 is 0 Å². The number of hydrogen-bond acceptors (Lipinski definition) is 1. The number of rotatable bonds is 11. The lowest BCUT2D eigenvalue weighted by Gasteiger charge is -2.05. The highest BCUT2D eigenvalue weighted by Gasteiger charge is 2.07. The van der Waals surface area contributed by atoms with Crippen LogP contribution in [0.25, 0.3) is 0 Å². The molecule has 2 nitrogen and oxygen atoms in total. The summed E-state index contributed by atoms with van der Waals surface area (Å²) in [6.45, 7) is 7.54. The number of unbranched alkanes of at least 4 members (excludes halogenated alkanes) is 9. The zero-order valence-electron chi connectivity index (χ0n) is 13.6. The van der Waals surface area contributed by atoms with E-state index in [2.05, 4.69) is 46.5 Å². The Bertz CT molecular complexity index is 371. The summed E-state index contributed by atoms with van der Waals surface area (Å²) in [7, 11) is 0. The SMILES string of the molecule is CCCCCCCCCCCCn1nc(C)c(Br)c1C. The largest absolute Gasteiger partial charge is 0.268 e. The Kier molecular flexibility index (Phi) is 9.24. The molecule has 3 heteroatoms.